The molecule has 0 aliphatic carbocycles. The summed E-state index contributed by atoms with van der Waals surface area (Å²) in [6, 6.07) is 16.5. The SMILES string of the molecule is COc1ccc(-c2ccc(N3CCN(C(=O)c4ccc(Cl)cc4)CC3)nn2)cc1OC. The van der Waals surface area contributed by atoms with E-state index in [2.05, 4.69) is 15.1 Å². The van der Waals surface area contributed by atoms with Gasteiger partial charge in [-0.05, 0) is 54.6 Å². The second-order valence-corrected chi connectivity index (χ2v) is 7.57. The molecule has 0 N–H and O–H groups in total. The van der Waals surface area contributed by atoms with Gasteiger partial charge in [-0.15, -0.1) is 10.2 Å². The van der Waals surface area contributed by atoms with Crippen LogP contribution >= 0.6 is 11.6 Å². The maximum atomic E-state index is 12.7. The molecule has 1 amide bonds. The van der Waals surface area contributed by atoms with E-state index in [9.17, 15) is 4.79 Å². The Morgan fingerprint density at radius 1 is 0.871 bits per heavy atom. The van der Waals surface area contributed by atoms with E-state index in [4.69, 9.17) is 21.1 Å². The summed E-state index contributed by atoms with van der Waals surface area (Å²) >= 11 is 5.91. The largest absolute Gasteiger partial charge is 0.493 e. The maximum Gasteiger partial charge on any atom is 0.253 e. The van der Waals surface area contributed by atoms with E-state index in [1.54, 1.807) is 38.5 Å². The number of carbonyl (C=O) groups is 1. The number of nitrogens with zero attached hydrogens (tertiary/aromatic N) is 4. The van der Waals surface area contributed by atoms with Crippen molar-refractivity contribution in [1.82, 2.24) is 15.1 Å². The van der Waals surface area contributed by atoms with Crippen LogP contribution in [0.15, 0.2) is 54.6 Å². The third-order valence-electron chi connectivity index (χ3n) is 5.31. The van der Waals surface area contributed by atoms with Crippen molar-refractivity contribution in [1.29, 1.82) is 0 Å². The Bertz CT molecular complexity index is 1050. The van der Waals surface area contributed by atoms with Crippen molar-refractivity contribution in [3.8, 4) is 22.8 Å². The molecule has 0 unspecified atom stereocenters. The Hall–Kier alpha value is -3.32. The number of methoxy groups -OCH3 is 2. The van der Waals surface area contributed by atoms with E-state index >= 15 is 0 Å². The quantitative estimate of drug-likeness (QED) is 0.604. The van der Waals surface area contributed by atoms with E-state index < -0.39 is 0 Å². The molecule has 0 radical (unpaired) electrons. The van der Waals surface area contributed by atoms with Gasteiger partial charge in [-0.25, -0.2) is 0 Å². The van der Waals surface area contributed by atoms with Crippen molar-refractivity contribution < 1.29 is 14.3 Å². The zero-order chi connectivity index (χ0) is 21.8. The lowest BCUT2D eigenvalue weighted by Crippen LogP contribution is -2.49. The summed E-state index contributed by atoms with van der Waals surface area (Å²) < 4.78 is 10.6. The highest BCUT2D eigenvalue weighted by molar-refractivity contribution is 6.30. The molecular weight excluding hydrogens is 416 g/mol. The molecule has 4 rings (SSSR count). The van der Waals surface area contributed by atoms with Gasteiger partial charge in [0, 0.05) is 42.3 Å². The fourth-order valence-corrected chi connectivity index (χ4v) is 3.68. The number of ether oxygens (including phenoxy) is 2. The number of halogens is 1. The second-order valence-electron chi connectivity index (χ2n) is 7.13. The number of hydrogen-bond donors (Lipinski definition) is 0. The third-order valence-corrected chi connectivity index (χ3v) is 5.56. The Morgan fingerprint density at radius 2 is 1.58 bits per heavy atom. The molecule has 1 aliphatic rings. The van der Waals surface area contributed by atoms with E-state index in [0.717, 1.165) is 17.1 Å². The third kappa shape index (κ3) is 4.56. The number of amides is 1. The van der Waals surface area contributed by atoms with Crippen LogP contribution in [0.1, 0.15) is 10.4 Å². The maximum absolute atomic E-state index is 12.7. The predicted octanol–water partition coefficient (Wildman–Crippen LogP) is 3.78. The number of anilines is 1. The number of aromatic nitrogens is 2. The summed E-state index contributed by atoms with van der Waals surface area (Å²) in [5.74, 6) is 2.13. The lowest BCUT2D eigenvalue weighted by molar-refractivity contribution is 0.0746. The highest BCUT2D eigenvalue weighted by atomic mass is 35.5. The topological polar surface area (TPSA) is 67.8 Å². The molecule has 0 saturated carbocycles. The standard InChI is InChI=1S/C23H23ClN4O3/c1-30-20-9-5-17(15-21(20)31-2)19-8-10-22(26-25-19)27-11-13-28(14-12-27)23(29)16-3-6-18(24)7-4-16/h3-10,15H,11-14H2,1-2H3. The molecule has 1 aromatic heterocycles. The lowest BCUT2D eigenvalue weighted by Gasteiger charge is -2.35. The Kier molecular flexibility index (Phi) is 6.23. The van der Waals surface area contributed by atoms with Gasteiger partial charge in [0.25, 0.3) is 5.91 Å². The van der Waals surface area contributed by atoms with Crippen LogP contribution in [0.5, 0.6) is 11.5 Å². The van der Waals surface area contributed by atoms with Gasteiger partial charge < -0.3 is 19.3 Å². The van der Waals surface area contributed by atoms with Crippen LogP contribution in [-0.4, -0.2) is 61.4 Å². The van der Waals surface area contributed by atoms with Crippen LogP contribution in [0, 0.1) is 0 Å². The summed E-state index contributed by atoms with van der Waals surface area (Å²) in [5, 5.41) is 9.41. The monoisotopic (exact) mass is 438 g/mol. The van der Waals surface area contributed by atoms with Gasteiger partial charge in [-0.3, -0.25) is 4.79 Å². The normalized spacial score (nSPS) is 13.8. The minimum atomic E-state index is 0.0196. The van der Waals surface area contributed by atoms with Gasteiger partial charge in [0.2, 0.25) is 0 Å². The number of rotatable bonds is 5. The Balaban J connectivity index is 1.40. The first-order valence-corrected chi connectivity index (χ1v) is 10.3. The highest BCUT2D eigenvalue weighted by Gasteiger charge is 2.23. The van der Waals surface area contributed by atoms with Gasteiger partial charge in [-0.1, -0.05) is 11.6 Å². The van der Waals surface area contributed by atoms with Crippen LogP contribution < -0.4 is 14.4 Å². The zero-order valence-corrected chi connectivity index (χ0v) is 18.2. The molecule has 8 heteroatoms. The van der Waals surface area contributed by atoms with Crippen molar-refractivity contribution in [3.05, 3.63) is 65.2 Å². The first-order valence-electron chi connectivity index (χ1n) is 9.95. The molecule has 1 fully saturated rings. The minimum absolute atomic E-state index is 0.0196. The van der Waals surface area contributed by atoms with Crippen molar-refractivity contribution >= 4 is 23.3 Å². The van der Waals surface area contributed by atoms with Crippen molar-refractivity contribution in [2.24, 2.45) is 0 Å². The van der Waals surface area contributed by atoms with Gasteiger partial charge in [0.15, 0.2) is 17.3 Å². The van der Waals surface area contributed by atoms with E-state index in [0.29, 0.717) is 48.3 Å². The second kappa shape index (κ2) is 9.22. The van der Waals surface area contributed by atoms with Gasteiger partial charge in [0.05, 0.1) is 19.9 Å². The predicted molar refractivity (Wildman–Crippen MR) is 120 cm³/mol. The number of piperazine rings is 1. The zero-order valence-electron chi connectivity index (χ0n) is 17.4. The van der Waals surface area contributed by atoms with Gasteiger partial charge in [-0.2, -0.15) is 0 Å². The Morgan fingerprint density at radius 3 is 2.19 bits per heavy atom. The van der Waals surface area contributed by atoms with Crippen LogP contribution in [0.25, 0.3) is 11.3 Å². The van der Waals surface area contributed by atoms with Crippen LogP contribution in [0.2, 0.25) is 5.02 Å². The molecule has 3 aromatic rings. The summed E-state index contributed by atoms with van der Waals surface area (Å²) in [6.07, 6.45) is 0. The fourth-order valence-electron chi connectivity index (χ4n) is 3.56. The molecule has 2 aromatic carbocycles. The van der Waals surface area contributed by atoms with Gasteiger partial charge in [0.1, 0.15) is 0 Å². The molecule has 1 aliphatic heterocycles. The molecule has 0 spiro atoms. The number of benzene rings is 2. The summed E-state index contributed by atoms with van der Waals surface area (Å²) in [4.78, 5) is 16.7. The first kappa shape index (κ1) is 20.9. The summed E-state index contributed by atoms with van der Waals surface area (Å²) in [6.45, 7) is 2.65. The van der Waals surface area contributed by atoms with Crippen molar-refractivity contribution in [2.45, 2.75) is 0 Å². The minimum Gasteiger partial charge on any atom is -0.493 e. The van der Waals surface area contributed by atoms with E-state index in [-0.39, 0.29) is 5.91 Å². The molecule has 2 heterocycles. The van der Waals surface area contributed by atoms with Gasteiger partial charge >= 0.3 is 0 Å². The van der Waals surface area contributed by atoms with Crippen molar-refractivity contribution in [3.63, 3.8) is 0 Å². The average Bonchev–Trinajstić information content (AvgIpc) is 2.84. The smallest absolute Gasteiger partial charge is 0.253 e. The first-order chi connectivity index (χ1) is 15.1. The molecule has 31 heavy (non-hydrogen) atoms. The lowest BCUT2D eigenvalue weighted by atomic mass is 10.1. The van der Waals surface area contributed by atoms with Crippen LogP contribution in [0.4, 0.5) is 5.82 Å². The molecular formula is C23H23ClN4O3. The number of carbonyl (C=O) groups excluding carboxylic acids is 1. The molecule has 160 valence electrons. The Labute approximate surface area is 186 Å². The average molecular weight is 439 g/mol. The molecule has 7 nitrogen and oxygen atoms in total. The summed E-state index contributed by atoms with van der Waals surface area (Å²) in [7, 11) is 3.21. The van der Waals surface area contributed by atoms with Crippen LogP contribution in [-0.2, 0) is 0 Å². The fraction of sp³-hybridized carbons (Fsp3) is 0.261. The van der Waals surface area contributed by atoms with Crippen molar-refractivity contribution in [2.75, 3.05) is 45.3 Å². The number of hydrogen-bond acceptors (Lipinski definition) is 6. The van der Waals surface area contributed by atoms with E-state index in [1.807, 2.05) is 35.2 Å². The van der Waals surface area contributed by atoms with E-state index in [1.165, 1.54) is 0 Å². The van der Waals surface area contributed by atoms with Crippen LogP contribution in [0.3, 0.4) is 0 Å². The molecule has 0 atom stereocenters. The molecule has 1 saturated heterocycles. The molecule has 0 bridgehead atoms. The summed E-state index contributed by atoms with van der Waals surface area (Å²) in [5.41, 5.74) is 2.30. The highest BCUT2D eigenvalue weighted by Crippen LogP contribution is 2.31.